The molecule has 2 unspecified atom stereocenters. The van der Waals surface area contributed by atoms with Crippen LogP contribution in [0.1, 0.15) is 17.8 Å². The second kappa shape index (κ2) is 11.3. The van der Waals surface area contributed by atoms with Crippen LogP contribution < -0.4 is 20.1 Å². The average Bonchev–Trinajstić information content (AvgIpc) is 3.27. The Morgan fingerprint density at radius 2 is 1.97 bits per heavy atom. The Bertz CT molecular complexity index is 1460. The van der Waals surface area contributed by atoms with Crippen LogP contribution in [0.4, 0.5) is 19.1 Å². The molecular formula is C25H25F3N6O2S2. The highest BCUT2D eigenvalue weighted by Crippen LogP contribution is 2.40. The summed E-state index contributed by atoms with van der Waals surface area (Å²) in [6.45, 7) is 2.36. The summed E-state index contributed by atoms with van der Waals surface area (Å²) >= 11 is 1.43. The average molecular weight is 563 g/mol. The Labute approximate surface area is 223 Å². The predicted molar refractivity (Wildman–Crippen MR) is 142 cm³/mol. The molecule has 0 spiro atoms. The number of benzene rings is 2. The number of alkyl halides is 3. The van der Waals surface area contributed by atoms with E-state index in [1.807, 2.05) is 11.6 Å². The van der Waals surface area contributed by atoms with Gasteiger partial charge in [-0.25, -0.2) is 23.9 Å². The van der Waals surface area contributed by atoms with Gasteiger partial charge in [0.05, 0.1) is 15.6 Å². The molecule has 0 radical (unpaired) electrons. The first kappa shape index (κ1) is 26.5. The molecule has 0 saturated carbocycles. The number of thiazole rings is 1. The molecule has 1 saturated heterocycles. The summed E-state index contributed by atoms with van der Waals surface area (Å²) in [5, 5.41) is 8.63. The van der Waals surface area contributed by atoms with Crippen molar-refractivity contribution >= 4 is 39.0 Å². The molecule has 2 atom stereocenters. The van der Waals surface area contributed by atoms with Crippen LogP contribution in [0.2, 0.25) is 0 Å². The molecule has 8 nitrogen and oxygen atoms in total. The molecule has 3 N–H and O–H groups in total. The van der Waals surface area contributed by atoms with Crippen molar-refractivity contribution in [3.8, 4) is 22.2 Å². The van der Waals surface area contributed by atoms with E-state index in [4.69, 9.17) is 9.72 Å². The van der Waals surface area contributed by atoms with Gasteiger partial charge in [-0.15, -0.1) is 11.3 Å². The van der Waals surface area contributed by atoms with Gasteiger partial charge in [0.1, 0.15) is 28.2 Å². The zero-order valence-electron chi connectivity index (χ0n) is 20.3. The quantitative estimate of drug-likeness (QED) is 0.272. The Hall–Kier alpha value is -3.13. The van der Waals surface area contributed by atoms with Gasteiger partial charge in [0.15, 0.2) is 0 Å². The molecule has 1 fully saturated rings. The number of aryl methyl sites for hydroxylation is 1. The number of nitrogens with zero attached hydrogens (tertiary/aromatic N) is 3. The topological polar surface area (TPSA) is 101 Å². The summed E-state index contributed by atoms with van der Waals surface area (Å²) in [6, 6.07) is 12.1. The summed E-state index contributed by atoms with van der Waals surface area (Å²) in [5.41, 5.74) is 0.658. The zero-order chi connectivity index (χ0) is 26.7. The van der Waals surface area contributed by atoms with Crippen molar-refractivity contribution in [3.63, 3.8) is 0 Å². The fraction of sp³-hybridized carbons (Fsp3) is 0.320. The van der Waals surface area contributed by atoms with Crippen molar-refractivity contribution in [1.29, 1.82) is 0 Å². The fourth-order valence-corrected chi connectivity index (χ4v) is 6.01. The van der Waals surface area contributed by atoms with E-state index in [9.17, 15) is 17.4 Å². The van der Waals surface area contributed by atoms with Crippen molar-refractivity contribution in [2.75, 3.05) is 25.0 Å². The second-order valence-corrected chi connectivity index (χ2v) is 11.2. The van der Waals surface area contributed by atoms with E-state index in [0.29, 0.717) is 34.0 Å². The fourth-order valence-electron chi connectivity index (χ4n) is 4.17. The van der Waals surface area contributed by atoms with Gasteiger partial charge < -0.3 is 15.4 Å². The van der Waals surface area contributed by atoms with Crippen LogP contribution in [-0.2, 0) is 11.0 Å². The third-order valence-corrected chi connectivity index (χ3v) is 8.01. The molecule has 0 amide bonds. The van der Waals surface area contributed by atoms with Gasteiger partial charge in [-0.1, -0.05) is 24.3 Å². The number of anilines is 1. The number of nitrogens with one attached hydrogen (secondary N) is 3. The Balaban J connectivity index is 1.43. The van der Waals surface area contributed by atoms with Gasteiger partial charge in [-0.05, 0) is 44.5 Å². The van der Waals surface area contributed by atoms with E-state index in [2.05, 4.69) is 20.6 Å². The van der Waals surface area contributed by atoms with Gasteiger partial charge in [0, 0.05) is 29.6 Å². The Morgan fingerprint density at radius 3 is 2.74 bits per heavy atom. The standard InChI is InChI=1S/C25H25F3N6O2S2/c1-15-32-23(22(37-15)19-10-12-30-24(34-19)33-16-5-4-11-29-13-16)36-20-8-9-21(18-7-3-2-6-17(18)20)38(35)31-14-25(26,27)28/h2-3,6-10,12,16,29,31H,4-5,11,13-14H2,1H3,(H,30,33,34). The lowest BCUT2D eigenvalue weighted by molar-refractivity contribution is -0.121. The molecule has 1 aliphatic rings. The third kappa shape index (κ3) is 6.29. The van der Waals surface area contributed by atoms with E-state index in [-0.39, 0.29) is 10.9 Å². The molecule has 2 aromatic heterocycles. The van der Waals surface area contributed by atoms with Crippen LogP contribution >= 0.6 is 11.3 Å². The maximum absolute atomic E-state index is 12.6. The number of ether oxygens (including phenoxy) is 1. The first-order valence-electron chi connectivity index (χ1n) is 12.0. The number of piperidine rings is 1. The minimum Gasteiger partial charge on any atom is -0.437 e. The van der Waals surface area contributed by atoms with E-state index in [1.54, 1.807) is 42.6 Å². The van der Waals surface area contributed by atoms with Gasteiger partial charge in [0.2, 0.25) is 11.8 Å². The highest BCUT2D eigenvalue weighted by atomic mass is 32.2. The van der Waals surface area contributed by atoms with Crippen molar-refractivity contribution in [3.05, 3.63) is 53.7 Å². The molecule has 4 aromatic rings. The maximum Gasteiger partial charge on any atom is 0.402 e. The monoisotopic (exact) mass is 562 g/mol. The van der Waals surface area contributed by atoms with E-state index >= 15 is 0 Å². The molecule has 0 aliphatic carbocycles. The van der Waals surface area contributed by atoms with Crippen molar-refractivity contribution in [1.82, 2.24) is 25.0 Å². The number of fused-ring (bicyclic) bond motifs is 1. The summed E-state index contributed by atoms with van der Waals surface area (Å²) < 4.78 is 58.8. The summed E-state index contributed by atoms with van der Waals surface area (Å²) in [6.07, 6.45) is -0.666. The van der Waals surface area contributed by atoms with Crippen molar-refractivity contribution < 1.29 is 22.1 Å². The molecule has 13 heteroatoms. The van der Waals surface area contributed by atoms with Crippen LogP contribution in [0.15, 0.2) is 53.6 Å². The first-order valence-corrected chi connectivity index (χ1v) is 13.9. The van der Waals surface area contributed by atoms with Crippen molar-refractivity contribution in [2.45, 2.75) is 36.9 Å². The first-order chi connectivity index (χ1) is 18.3. The highest BCUT2D eigenvalue weighted by molar-refractivity contribution is 7.83. The SMILES string of the molecule is Cc1nc(Oc2ccc(S(=O)NCC(F)(F)F)c3ccccc23)c(-c2ccnc(NC3CCCNC3)n2)s1. The van der Waals surface area contributed by atoms with Gasteiger partial charge in [-0.2, -0.15) is 13.2 Å². The summed E-state index contributed by atoms with van der Waals surface area (Å²) in [7, 11) is -2.06. The van der Waals surface area contributed by atoms with Crippen LogP contribution in [-0.4, -0.2) is 51.0 Å². The minimum absolute atomic E-state index is 0.232. The Kier molecular flexibility index (Phi) is 7.88. The smallest absolute Gasteiger partial charge is 0.402 e. The minimum atomic E-state index is -4.48. The highest BCUT2D eigenvalue weighted by Gasteiger charge is 2.28. The van der Waals surface area contributed by atoms with Crippen LogP contribution in [0.5, 0.6) is 11.6 Å². The summed E-state index contributed by atoms with van der Waals surface area (Å²) in [5.74, 6) is 1.31. The second-order valence-electron chi connectivity index (χ2n) is 8.73. The molecule has 2 aromatic carbocycles. The molecule has 1 aliphatic heterocycles. The van der Waals surface area contributed by atoms with E-state index in [1.165, 1.54) is 17.4 Å². The van der Waals surface area contributed by atoms with Crippen molar-refractivity contribution in [2.24, 2.45) is 0 Å². The molecule has 38 heavy (non-hydrogen) atoms. The molecular weight excluding hydrogens is 537 g/mol. The maximum atomic E-state index is 12.6. The van der Waals surface area contributed by atoms with Crippen LogP contribution in [0.3, 0.4) is 0 Å². The molecule has 3 heterocycles. The number of aromatic nitrogens is 3. The van der Waals surface area contributed by atoms with E-state index in [0.717, 1.165) is 35.8 Å². The van der Waals surface area contributed by atoms with E-state index < -0.39 is 23.7 Å². The Morgan fingerprint density at radius 1 is 1.16 bits per heavy atom. The molecule has 5 rings (SSSR count). The third-order valence-electron chi connectivity index (χ3n) is 5.88. The predicted octanol–water partition coefficient (Wildman–Crippen LogP) is 5.19. The summed E-state index contributed by atoms with van der Waals surface area (Å²) in [4.78, 5) is 14.6. The number of halogens is 3. The van der Waals surface area contributed by atoms with Gasteiger partial charge in [-0.3, -0.25) is 0 Å². The zero-order valence-corrected chi connectivity index (χ0v) is 22.0. The number of hydrogen-bond donors (Lipinski definition) is 3. The van der Waals surface area contributed by atoms with Crippen LogP contribution in [0, 0.1) is 6.92 Å². The molecule has 0 bridgehead atoms. The lowest BCUT2D eigenvalue weighted by Crippen LogP contribution is -2.38. The lowest BCUT2D eigenvalue weighted by Gasteiger charge is -2.23. The van der Waals surface area contributed by atoms with Gasteiger partial charge >= 0.3 is 6.18 Å². The lowest BCUT2D eigenvalue weighted by atomic mass is 10.1. The molecule has 200 valence electrons. The van der Waals surface area contributed by atoms with Crippen LogP contribution in [0.25, 0.3) is 21.3 Å². The number of rotatable bonds is 8. The number of hydrogen-bond acceptors (Lipinski definition) is 8. The largest absolute Gasteiger partial charge is 0.437 e. The normalized spacial score (nSPS) is 16.9. The van der Waals surface area contributed by atoms with Gasteiger partial charge in [0.25, 0.3) is 0 Å².